The molecule has 124 valence electrons. The van der Waals surface area contributed by atoms with Crippen molar-refractivity contribution in [2.45, 2.75) is 5.41 Å². The van der Waals surface area contributed by atoms with Crippen molar-refractivity contribution in [3.63, 3.8) is 0 Å². The highest BCUT2D eigenvalue weighted by atomic mass is 35.5. The van der Waals surface area contributed by atoms with Gasteiger partial charge in [-0.25, -0.2) is 0 Å². The fourth-order valence-electron chi connectivity index (χ4n) is 4.36. The van der Waals surface area contributed by atoms with Gasteiger partial charge in [0.2, 0.25) is 0 Å². The SMILES string of the molecule is Clc1cccc2c1-c1ccccc1C2(c1ccccc1)c1ccncc1. The lowest BCUT2D eigenvalue weighted by Gasteiger charge is -2.33. The molecule has 0 fully saturated rings. The molecule has 1 atom stereocenters. The van der Waals surface area contributed by atoms with E-state index in [4.69, 9.17) is 11.6 Å². The Balaban J connectivity index is 2.00. The Hall–Kier alpha value is -2.90. The summed E-state index contributed by atoms with van der Waals surface area (Å²) < 4.78 is 0. The van der Waals surface area contributed by atoms with Gasteiger partial charge in [-0.1, -0.05) is 78.3 Å². The Labute approximate surface area is 157 Å². The molecule has 0 radical (unpaired) electrons. The standard InChI is InChI=1S/C24H16ClN/c25-22-12-6-11-21-23(22)19-9-4-5-10-20(19)24(21,17-7-2-1-3-8-17)18-13-15-26-16-14-18/h1-16H. The minimum Gasteiger partial charge on any atom is -0.265 e. The minimum atomic E-state index is -0.388. The second-order valence-electron chi connectivity index (χ2n) is 6.56. The fraction of sp³-hybridized carbons (Fsp3) is 0.0417. The van der Waals surface area contributed by atoms with Gasteiger partial charge >= 0.3 is 0 Å². The third kappa shape index (κ3) is 1.95. The van der Waals surface area contributed by atoms with Gasteiger partial charge in [-0.2, -0.15) is 0 Å². The molecule has 1 aliphatic rings. The number of rotatable bonds is 2. The van der Waals surface area contributed by atoms with Crippen molar-refractivity contribution in [1.29, 1.82) is 0 Å². The lowest BCUT2D eigenvalue weighted by atomic mass is 9.68. The summed E-state index contributed by atoms with van der Waals surface area (Å²) >= 11 is 6.69. The maximum atomic E-state index is 6.69. The molecule has 5 rings (SSSR count). The first-order valence-corrected chi connectivity index (χ1v) is 9.06. The topological polar surface area (TPSA) is 12.9 Å². The zero-order chi connectivity index (χ0) is 17.6. The fourth-order valence-corrected chi connectivity index (χ4v) is 4.64. The Morgan fingerprint density at radius 3 is 2.08 bits per heavy atom. The van der Waals surface area contributed by atoms with E-state index in [9.17, 15) is 0 Å². The smallest absolute Gasteiger partial charge is 0.0715 e. The van der Waals surface area contributed by atoms with Crippen molar-refractivity contribution in [2.24, 2.45) is 0 Å². The molecule has 1 nitrogen and oxygen atoms in total. The van der Waals surface area contributed by atoms with Gasteiger partial charge < -0.3 is 0 Å². The van der Waals surface area contributed by atoms with Crippen LogP contribution in [0.1, 0.15) is 22.3 Å². The first-order valence-electron chi connectivity index (χ1n) is 8.68. The zero-order valence-electron chi connectivity index (χ0n) is 14.1. The second kappa shape index (κ2) is 5.82. The molecule has 1 unspecified atom stereocenters. The molecule has 4 aromatic rings. The van der Waals surface area contributed by atoms with Crippen LogP contribution in [0.2, 0.25) is 5.02 Å². The Kier molecular flexibility index (Phi) is 3.44. The summed E-state index contributed by atoms with van der Waals surface area (Å²) in [5, 5.41) is 0.793. The number of benzene rings is 3. The van der Waals surface area contributed by atoms with Crippen molar-refractivity contribution in [2.75, 3.05) is 0 Å². The van der Waals surface area contributed by atoms with Crippen molar-refractivity contribution < 1.29 is 0 Å². The van der Waals surface area contributed by atoms with Crippen LogP contribution in [0.3, 0.4) is 0 Å². The molecule has 0 saturated carbocycles. The third-order valence-corrected chi connectivity index (χ3v) is 5.65. The monoisotopic (exact) mass is 353 g/mol. The molecular weight excluding hydrogens is 338 g/mol. The summed E-state index contributed by atoms with van der Waals surface area (Å²) in [6.45, 7) is 0. The normalized spacial score (nSPS) is 17.6. The lowest BCUT2D eigenvalue weighted by molar-refractivity contribution is 0.766. The van der Waals surface area contributed by atoms with Gasteiger partial charge in [0.25, 0.3) is 0 Å². The van der Waals surface area contributed by atoms with Crippen LogP contribution < -0.4 is 0 Å². The van der Waals surface area contributed by atoms with Crippen LogP contribution in [0.25, 0.3) is 11.1 Å². The molecule has 0 saturated heterocycles. The first-order chi connectivity index (χ1) is 12.8. The molecule has 2 heteroatoms. The van der Waals surface area contributed by atoms with E-state index in [1.165, 1.54) is 27.8 Å². The molecule has 1 aliphatic carbocycles. The number of fused-ring (bicyclic) bond motifs is 3. The number of halogens is 1. The van der Waals surface area contributed by atoms with E-state index in [2.05, 4.69) is 77.8 Å². The first kappa shape index (κ1) is 15.4. The molecular formula is C24H16ClN. The van der Waals surface area contributed by atoms with Crippen LogP contribution in [0.15, 0.2) is 97.3 Å². The Morgan fingerprint density at radius 2 is 1.27 bits per heavy atom. The predicted molar refractivity (Wildman–Crippen MR) is 107 cm³/mol. The number of pyridine rings is 1. The van der Waals surface area contributed by atoms with E-state index in [0.717, 1.165) is 10.6 Å². The highest BCUT2D eigenvalue weighted by Crippen LogP contribution is 2.57. The van der Waals surface area contributed by atoms with Crippen molar-refractivity contribution in [3.05, 3.63) is 125 Å². The van der Waals surface area contributed by atoms with E-state index >= 15 is 0 Å². The van der Waals surface area contributed by atoms with Crippen molar-refractivity contribution >= 4 is 11.6 Å². The van der Waals surface area contributed by atoms with Crippen LogP contribution in [-0.4, -0.2) is 4.98 Å². The molecule has 26 heavy (non-hydrogen) atoms. The molecule has 1 heterocycles. The van der Waals surface area contributed by atoms with Gasteiger partial charge in [-0.05, 0) is 46.0 Å². The summed E-state index contributed by atoms with van der Waals surface area (Å²) in [4.78, 5) is 4.24. The van der Waals surface area contributed by atoms with Crippen LogP contribution in [0.5, 0.6) is 0 Å². The van der Waals surface area contributed by atoms with Gasteiger partial charge in [-0.3, -0.25) is 4.98 Å². The van der Waals surface area contributed by atoms with E-state index in [0.29, 0.717) is 0 Å². The Bertz CT molecular complexity index is 1050. The highest BCUT2D eigenvalue weighted by molar-refractivity contribution is 6.34. The number of nitrogens with zero attached hydrogens (tertiary/aromatic N) is 1. The maximum Gasteiger partial charge on any atom is 0.0715 e. The number of aromatic nitrogens is 1. The van der Waals surface area contributed by atoms with Gasteiger partial charge in [0.1, 0.15) is 0 Å². The van der Waals surface area contributed by atoms with E-state index < -0.39 is 0 Å². The second-order valence-corrected chi connectivity index (χ2v) is 6.97. The van der Waals surface area contributed by atoms with Gasteiger partial charge in [0.15, 0.2) is 0 Å². The highest BCUT2D eigenvalue weighted by Gasteiger charge is 2.46. The quantitative estimate of drug-likeness (QED) is 0.373. The van der Waals surface area contributed by atoms with E-state index in [1.54, 1.807) is 0 Å². The molecule has 3 aromatic carbocycles. The van der Waals surface area contributed by atoms with Crippen molar-refractivity contribution in [3.8, 4) is 11.1 Å². The van der Waals surface area contributed by atoms with E-state index in [1.807, 2.05) is 24.5 Å². The molecule has 0 N–H and O–H groups in total. The Morgan fingerprint density at radius 1 is 0.615 bits per heavy atom. The van der Waals surface area contributed by atoms with Crippen LogP contribution in [-0.2, 0) is 5.41 Å². The summed E-state index contributed by atoms with van der Waals surface area (Å²) in [6, 6.07) is 29.7. The molecule has 0 amide bonds. The van der Waals surface area contributed by atoms with Gasteiger partial charge in [0, 0.05) is 23.0 Å². The zero-order valence-corrected chi connectivity index (χ0v) is 14.8. The number of hydrogen-bond acceptors (Lipinski definition) is 1. The molecule has 0 aliphatic heterocycles. The summed E-state index contributed by atoms with van der Waals surface area (Å²) in [5.41, 5.74) is 6.87. The molecule has 0 bridgehead atoms. The van der Waals surface area contributed by atoms with Crippen LogP contribution in [0, 0.1) is 0 Å². The third-order valence-electron chi connectivity index (χ3n) is 5.34. The minimum absolute atomic E-state index is 0.388. The van der Waals surface area contributed by atoms with Gasteiger partial charge in [0.05, 0.1) is 5.41 Å². The van der Waals surface area contributed by atoms with E-state index in [-0.39, 0.29) is 5.41 Å². The summed E-state index contributed by atoms with van der Waals surface area (Å²) in [5.74, 6) is 0. The summed E-state index contributed by atoms with van der Waals surface area (Å²) in [6.07, 6.45) is 3.73. The average molecular weight is 354 g/mol. The van der Waals surface area contributed by atoms with Crippen LogP contribution in [0.4, 0.5) is 0 Å². The molecule has 0 spiro atoms. The predicted octanol–water partition coefficient (Wildman–Crippen LogP) is 6.10. The lowest BCUT2D eigenvalue weighted by Crippen LogP contribution is -2.28. The van der Waals surface area contributed by atoms with Gasteiger partial charge in [-0.15, -0.1) is 0 Å². The molecule has 1 aromatic heterocycles. The largest absolute Gasteiger partial charge is 0.265 e. The number of hydrogen-bond donors (Lipinski definition) is 0. The average Bonchev–Trinajstić information content (AvgIpc) is 3.02. The van der Waals surface area contributed by atoms with Crippen LogP contribution >= 0.6 is 11.6 Å². The van der Waals surface area contributed by atoms with Crippen molar-refractivity contribution in [1.82, 2.24) is 4.98 Å². The summed E-state index contributed by atoms with van der Waals surface area (Å²) in [7, 11) is 0. The maximum absolute atomic E-state index is 6.69.